The number of halogens is 1. The number of hydrogen-bond acceptors (Lipinski definition) is 6. The number of para-hydroxylation sites is 1. The molecule has 0 unspecified atom stereocenters. The van der Waals surface area contributed by atoms with E-state index in [2.05, 4.69) is 9.97 Å². The van der Waals surface area contributed by atoms with Crippen LogP contribution in [-0.4, -0.2) is 14.5 Å². The van der Waals surface area contributed by atoms with Gasteiger partial charge in [0.1, 0.15) is 16.9 Å². The molecule has 4 rings (SSSR count). The molecule has 0 aliphatic rings. The van der Waals surface area contributed by atoms with E-state index in [1.807, 2.05) is 12.1 Å². The highest BCUT2D eigenvalue weighted by atomic mass is 35.5. The molecule has 1 aromatic carbocycles. The van der Waals surface area contributed by atoms with Crippen LogP contribution in [-0.2, 0) is 6.54 Å². The maximum Gasteiger partial charge on any atom is 0.262 e. The predicted molar refractivity (Wildman–Crippen MR) is 102 cm³/mol. The van der Waals surface area contributed by atoms with Crippen molar-refractivity contribution in [3.63, 3.8) is 0 Å². The summed E-state index contributed by atoms with van der Waals surface area (Å²) in [6.45, 7) is 0.241. The first-order valence-electron chi connectivity index (χ1n) is 7.92. The van der Waals surface area contributed by atoms with Crippen LogP contribution in [0.2, 0.25) is 5.02 Å². The number of aromatic nitrogens is 3. The van der Waals surface area contributed by atoms with E-state index in [1.54, 1.807) is 48.7 Å². The molecule has 0 spiro atoms. The highest BCUT2D eigenvalue weighted by Gasteiger charge is 2.15. The number of furan rings is 1. The zero-order valence-corrected chi connectivity index (χ0v) is 15.4. The molecule has 0 saturated heterocycles. The lowest BCUT2D eigenvalue weighted by molar-refractivity contribution is 0.476. The van der Waals surface area contributed by atoms with E-state index in [0.29, 0.717) is 26.8 Å². The summed E-state index contributed by atoms with van der Waals surface area (Å²) < 4.78 is 6.92. The van der Waals surface area contributed by atoms with Crippen LogP contribution in [0.5, 0.6) is 0 Å². The first-order valence-corrected chi connectivity index (χ1v) is 9.11. The van der Waals surface area contributed by atoms with Crippen LogP contribution in [0.25, 0.3) is 10.9 Å². The second-order valence-corrected chi connectivity index (χ2v) is 6.97. The topological polar surface area (TPSA) is 84.7 Å². The zero-order valence-electron chi connectivity index (χ0n) is 13.8. The quantitative estimate of drug-likeness (QED) is 0.484. The molecule has 0 fully saturated rings. The molecule has 0 radical (unpaired) electrons. The number of nitriles is 1. The molecule has 0 amide bonds. The molecular weight excluding hydrogens is 384 g/mol. The van der Waals surface area contributed by atoms with Gasteiger partial charge >= 0.3 is 0 Å². The third kappa shape index (κ3) is 3.45. The van der Waals surface area contributed by atoms with E-state index in [4.69, 9.17) is 21.3 Å². The van der Waals surface area contributed by atoms with E-state index >= 15 is 0 Å². The molecule has 3 aromatic heterocycles. The lowest BCUT2D eigenvalue weighted by Crippen LogP contribution is -2.23. The Morgan fingerprint density at radius 3 is 2.78 bits per heavy atom. The van der Waals surface area contributed by atoms with Gasteiger partial charge in [-0.05, 0) is 48.2 Å². The number of pyridine rings is 1. The third-order valence-electron chi connectivity index (χ3n) is 3.84. The van der Waals surface area contributed by atoms with E-state index in [-0.39, 0.29) is 22.8 Å². The smallest absolute Gasteiger partial charge is 0.262 e. The minimum atomic E-state index is -0.172. The lowest BCUT2D eigenvalue weighted by atomic mass is 10.2. The van der Waals surface area contributed by atoms with Crippen LogP contribution in [0, 0.1) is 11.3 Å². The highest BCUT2D eigenvalue weighted by molar-refractivity contribution is 7.99. The second kappa shape index (κ2) is 7.27. The molecule has 8 heteroatoms. The molecule has 0 aliphatic carbocycles. The second-order valence-electron chi connectivity index (χ2n) is 5.58. The van der Waals surface area contributed by atoms with Gasteiger partial charge in [-0.3, -0.25) is 9.36 Å². The van der Waals surface area contributed by atoms with Crippen LogP contribution in [0.3, 0.4) is 0 Å². The fourth-order valence-electron chi connectivity index (χ4n) is 2.58. The van der Waals surface area contributed by atoms with Crippen molar-refractivity contribution in [2.75, 3.05) is 0 Å². The molecule has 3 heterocycles. The van der Waals surface area contributed by atoms with Gasteiger partial charge in [-0.25, -0.2) is 9.97 Å². The molecule has 4 aromatic rings. The normalized spacial score (nSPS) is 10.8. The molecule has 0 saturated carbocycles. The van der Waals surface area contributed by atoms with Crippen LogP contribution in [0.15, 0.2) is 74.2 Å². The number of hydrogen-bond donors (Lipinski definition) is 0. The first kappa shape index (κ1) is 17.3. The van der Waals surface area contributed by atoms with Crippen molar-refractivity contribution < 1.29 is 4.42 Å². The van der Waals surface area contributed by atoms with E-state index in [1.165, 1.54) is 16.3 Å². The average Bonchev–Trinajstić information content (AvgIpc) is 3.19. The zero-order chi connectivity index (χ0) is 18.8. The predicted octanol–water partition coefficient (Wildman–Crippen LogP) is 4.11. The maximum absolute atomic E-state index is 13.0. The van der Waals surface area contributed by atoms with Crippen molar-refractivity contribution in [2.45, 2.75) is 16.7 Å². The summed E-state index contributed by atoms with van der Waals surface area (Å²) in [5, 5.41) is 10.9. The standard InChI is InChI=1S/C19H11ClN4O2S/c20-14-7-8-17(22-16(14)10-21)27-19-23-15-6-2-1-5-13(15)18(25)24(19)11-12-4-3-9-26-12/h1-9H,11H2. The van der Waals surface area contributed by atoms with Gasteiger partial charge in [-0.15, -0.1) is 0 Å². The maximum atomic E-state index is 13.0. The lowest BCUT2D eigenvalue weighted by Gasteiger charge is -2.12. The molecule has 0 bridgehead atoms. The monoisotopic (exact) mass is 394 g/mol. The van der Waals surface area contributed by atoms with Gasteiger partial charge in [-0.2, -0.15) is 5.26 Å². The third-order valence-corrected chi connectivity index (χ3v) is 5.08. The summed E-state index contributed by atoms with van der Waals surface area (Å²) in [6.07, 6.45) is 1.56. The molecule has 0 atom stereocenters. The summed E-state index contributed by atoms with van der Waals surface area (Å²) in [4.78, 5) is 21.9. The van der Waals surface area contributed by atoms with Crippen molar-refractivity contribution in [1.82, 2.24) is 14.5 Å². The molecule has 6 nitrogen and oxygen atoms in total. The summed E-state index contributed by atoms with van der Waals surface area (Å²) >= 11 is 7.14. The van der Waals surface area contributed by atoms with Crippen molar-refractivity contribution in [2.24, 2.45) is 0 Å². The number of benzene rings is 1. The molecular formula is C19H11ClN4O2S. The molecule has 0 N–H and O–H groups in total. The number of rotatable bonds is 4. The first-order chi connectivity index (χ1) is 13.2. The number of fused-ring (bicyclic) bond motifs is 1. The summed E-state index contributed by atoms with van der Waals surface area (Å²) in [5.74, 6) is 0.637. The Kier molecular flexibility index (Phi) is 4.67. The van der Waals surface area contributed by atoms with Gasteiger partial charge in [-0.1, -0.05) is 23.7 Å². The van der Waals surface area contributed by atoms with Crippen molar-refractivity contribution >= 4 is 34.3 Å². The van der Waals surface area contributed by atoms with Gasteiger partial charge in [0, 0.05) is 0 Å². The van der Waals surface area contributed by atoms with Gasteiger partial charge < -0.3 is 4.42 Å². The largest absolute Gasteiger partial charge is 0.467 e. The van der Waals surface area contributed by atoms with Crippen molar-refractivity contribution in [3.8, 4) is 6.07 Å². The molecule has 27 heavy (non-hydrogen) atoms. The van der Waals surface area contributed by atoms with Gasteiger partial charge in [0.25, 0.3) is 5.56 Å². The minimum absolute atomic E-state index is 0.127. The Balaban J connectivity index is 1.85. The van der Waals surface area contributed by atoms with E-state index < -0.39 is 0 Å². The Hall–Kier alpha value is -3.08. The van der Waals surface area contributed by atoms with E-state index in [9.17, 15) is 4.79 Å². The van der Waals surface area contributed by atoms with Crippen LogP contribution in [0.1, 0.15) is 11.5 Å². The SMILES string of the molecule is N#Cc1nc(Sc2nc3ccccc3c(=O)n2Cc2ccco2)ccc1Cl. The van der Waals surface area contributed by atoms with Crippen LogP contribution >= 0.6 is 23.4 Å². The fourth-order valence-corrected chi connectivity index (χ4v) is 3.59. The summed E-state index contributed by atoms with van der Waals surface area (Å²) in [6, 6.07) is 16.0. The minimum Gasteiger partial charge on any atom is -0.467 e. The molecule has 132 valence electrons. The van der Waals surface area contributed by atoms with Gasteiger partial charge in [0.15, 0.2) is 10.9 Å². The summed E-state index contributed by atoms with van der Waals surface area (Å²) in [7, 11) is 0. The van der Waals surface area contributed by atoms with E-state index in [0.717, 1.165) is 0 Å². The Morgan fingerprint density at radius 2 is 2.00 bits per heavy atom. The van der Waals surface area contributed by atoms with Crippen molar-refractivity contribution in [1.29, 1.82) is 5.26 Å². The Morgan fingerprint density at radius 1 is 1.15 bits per heavy atom. The fraction of sp³-hybridized carbons (Fsp3) is 0.0526. The van der Waals surface area contributed by atoms with Crippen LogP contribution < -0.4 is 5.56 Å². The molecule has 0 aliphatic heterocycles. The highest BCUT2D eigenvalue weighted by Crippen LogP contribution is 2.27. The van der Waals surface area contributed by atoms with Gasteiger partial charge in [0.05, 0.1) is 28.7 Å². The average molecular weight is 395 g/mol. The van der Waals surface area contributed by atoms with Crippen LogP contribution in [0.4, 0.5) is 0 Å². The Bertz CT molecular complexity index is 1230. The van der Waals surface area contributed by atoms with Crippen molar-refractivity contribution in [3.05, 3.63) is 81.6 Å². The summed E-state index contributed by atoms with van der Waals surface area (Å²) in [5.41, 5.74) is 0.548. The number of nitrogens with zero attached hydrogens (tertiary/aromatic N) is 4. The van der Waals surface area contributed by atoms with Gasteiger partial charge in [0.2, 0.25) is 0 Å². The Labute approximate surface area is 163 Å².